The molecule has 480 valence electrons. The molecule has 0 aliphatic carbocycles. The molecular formula is C36H56N3Na7O39S4. The molecule has 9 rings (SSSR count). The minimum absolute atomic E-state index is 0. The Morgan fingerprint density at radius 2 is 0.663 bits per heavy atom. The van der Waals surface area contributed by atoms with E-state index in [0.29, 0.717) is 25.9 Å². The van der Waals surface area contributed by atoms with Crippen LogP contribution in [0, 0.1) is 0 Å². The van der Waals surface area contributed by atoms with Crippen molar-refractivity contribution in [3.63, 3.8) is 0 Å². The third-order valence-corrected chi connectivity index (χ3v) is 13.2. The van der Waals surface area contributed by atoms with Crippen molar-refractivity contribution in [2.45, 2.75) is 130 Å². The Morgan fingerprint density at radius 3 is 0.876 bits per heavy atom. The zero-order valence-corrected chi connectivity index (χ0v) is 65.4. The Balaban J connectivity index is -0.000000178. The molecule has 17 N–H and O–H groups in total. The molecule has 6 saturated heterocycles. The number of aliphatic hydroxyl groups excluding tert-OH is 8. The minimum atomic E-state index is -4.98. The van der Waals surface area contributed by atoms with Crippen molar-refractivity contribution in [1.29, 1.82) is 0 Å². The van der Waals surface area contributed by atoms with Gasteiger partial charge in [-0.1, -0.05) is 0 Å². The Hall–Kier alpha value is 2.83. The van der Waals surface area contributed by atoms with Gasteiger partial charge in [-0.05, 0) is 18.2 Å². The van der Waals surface area contributed by atoms with Crippen LogP contribution in [0.25, 0.3) is 0 Å². The third kappa shape index (κ3) is 38.3. The second kappa shape index (κ2) is 47.8. The summed E-state index contributed by atoms with van der Waals surface area (Å²) < 4.78 is 178. The molecule has 53 heteroatoms. The first-order valence-corrected chi connectivity index (χ1v) is 27.7. The number of fused-ring (bicyclic) bond motifs is 6. The maximum Gasteiger partial charge on any atom is 1.00 e. The monoisotopic (exact) mass is 1440 g/mol. The normalized spacial score (nSPS) is 32.2. The van der Waals surface area contributed by atoms with Gasteiger partial charge < -0.3 is 148 Å². The van der Waals surface area contributed by atoms with E-state index in [4.69, 9.17) is 48.8 Å². The van der Waals surface area contributed by atoms with E-state index in [1.54, 1.807) is 14.2 Å². The van der Waals surface area contributed by atoms with E-state index in [-0.39, 0.29) is 274 Å². The molecule has 0 aromatic rings. The van der Waals surface area contributed by atoms with Crippen molar-refractivity contribution in [3.8, 4) is 0 Å². The number of carbonyl (C=O) groups is 3. The molecule has 0 aromatic heterocycles. The number of hydrogen-bond donors (Lipinski definition) is 11. The second-order valence-electron chi connectivity index (χ2n) is 17.1. The topological polar surface area (TPSA) is 734 Å². The third-order valence-electron chi connectivity index (χ3n) is 11.0. The number of carbonyl (C=O) groups excluding carboxylic acids is 3. The van der Waals surface area contributed by atoms with E-state index < -0.39 is 175 Å². The molecule has 42 nitrogen and oxygen atoms in total. The summed E-state index contributed by atoms with van der Waals surface area (Å²) in [5.74, 6) is -6.12. The maximum atomic E-state index is 10.4. The fourth-order valence-electron chi connectivity index (χ4n) is 7.42. The summed E-state index contributed by atoms with van der Waals surface area (Å²) in [5, 5.41) is 104. The van der Waals surface area contributed by atoms with Crippen LogP contribution >= 0.6 is 0 Å². The van der Waals surface area contributed by atoms with Crippen LogP contribution in [0.2, 0.25) is 0 Å². The number of aliphatic hydroxyl groups is 8. The van der Waals surface area contributed by atoms with Crippen LogP contribution in [0.4, 0.5) is 0 Å². The van der Waals surface area contributed by atoms with Gasteiger partial charge >= 0.3 is 207 Å². The molecule has 0 aromatic carbocycles. The molecule has 9 aliphatic rings. The molecule has 0 saturated carbocycles. The van der Waals surface area contributed by atoms with E-state index >= 15 is 0 Å². The number of carboxylic acid groups (broad SMARTS) is 3. The SMILES string of the molecule is O.O.O.O=C([O-])C1=C[C@@H](O)C(O)CO1.O=C([O-])C1=C[C@@H](O)C(O)CO1.O=C([O-])C1=C[C@@H](O)C(OS(=O)(=O)[O-])CO1.O=S(=O)([O-])NC1[C@@H]2OCC(C[C@H]1O)O2.O=S(=O)([O-])NC1[C@@H]2OCC(C[C@H]1O)O2.O=S(=O)([O-])NC1[C@@H]2OCC(C[C@H]1O)O2.[Na+].[Na+].[Na+].[Na+].[Na+].[Na+].[Na+]. The van der Waals surface area contributed by atoms with Crippen LogP contribution in [-0.2, 0) is 103 Å². The van der Waals surface area contributed by atoms with Crippen molar-refractivity contribution < 1.29 is 393 Å². The summed E-state index contributed by atoms with van der Waals surface area (Å²) in [6, 6.07) is -3.01. The smallest absolute Gasteiger partial charge is 0.735 e. The Labute approximate surface area is 661 Å². The second-order valence-corrected chi connectivity index (χ2v) is 21.6. The van der Waals surface area contributed by atoms with E-state index in [1.807, 2.05) is 0 Å². The summed E-state index contributed by atoms with van der Waals surface area (Å²) in [7, 11) is -18.8. The minimum Gasteiger partial charge on any atom is -0.735 e. The van der Waals surface area contributed by atoms with Crippen molar-refractivity contribution in [2.75, 3.05) is 39.6 Å². The number of rotatable bonds is 11. The molecular weight excluding hydrogens is 1390 g/mol. The molecule has 9 unspecified atom stereocenters. The van der Waals surface area contributed by atoms with Crippen LogP contribution in [0.15, 0.2) is 35.5 Å². The Kier molecular flexibility index (Phi) is 56.5. The summed E-state index contributed by atoms with van der Waals surface area (Å²) in [5.41, 5.74) is 0. The first-order chi connectivity index (χ1) is 36.4. The largest absolute Gasteiger partial charge is 1.00 e. The van der Waals surface area contributed by atoms with Crippen LogP contribution < -0.4 is 236 Å². The molecule has 6 bridgehead atoms. The predicted molar refractivity (Wildman–Crippen MR) is 238 cm³/mol. The first-order valence-electron chi connectivity index (χ1n) is 22.2. The van der Waals surface area contributed by atoms with Crippen LogP contribution in [0.3, 0.4) is 0 Å². The fraction of sp³-hybridized carbons (Fsp3) is 0.750. The standard InChI is InChI=1S/3C6H11NO6S.C6H8O8S.2C6H8O5.7Na.3H2O/c3*8-4-1-3-2-12-6(13-3)5(4)7-14(9,10)11;7-3-1-4(6(8)9)13-2-5(3)14-15(10,11)12;2*7-3-1-5(6(9)10)11-2-4(3)8;;;;;;;;;;/h3*3-8H,1-2H2,(H,9,10,11);1,3,5,7H,2H2,(H,8,9)(H,10,11,12);2*1,3-4,7-8H,2H2,(H,9,10);;;;;;;;3*1H2/q;;;;;;7*+1;;;/p-7/t3*3?,4-,5?,6-;3-,5?;2*3-,4?;;;;;;;;;;/m111111........../s1. The molecule has 0 radical (unpaired) electrons. The van der Waals surface area contributed by atoms with E-state index in [2.05, 4.69) is 18.4 Å². The molecule has 9 heterocycles. The first kappa shape index (κ1) is 105. The van der Waals surface area contributed by atoms with Crippen molar-refractivity contribution in [3.05, 3.63) is 35.5 Å². The Morgan fingerprint density at radius 1 is 0.416 bits per heavy atom. The van der Waals surface area contributed by atoms with Gasteiger partial charge in [-0.15, -0.1) is 0 Å². The molecule has 9 aliphatic heterocycles. The summed E-state index contributed by atoms with van der Waals surface area (Å²) in [6.07, 6.45) is -10.2. The van der Waals surface area contributed by atoms with E-state index in [0.717, 1.165) is 12.2 Å². The molecule has 0 spiro atoms. The fourth-order valence-corrected chi connectivity index (χ4v) is 9.69. The molecule has 0 amide bonds. The van der Waals surface area contributed by atoms with Crippen molar-refractivity contribution in [1.82, 2.24) is 14.2 Å². The van der Waals surface area contributed by atoms with Gasteiger partial charge in [0.15, 0.2) is 49.8 Å². The number of carboxylic acids is 3. The van der Waals surface area contributed by atoms with Gasteiger partial charge in [-0.3, -0.25) is 4.18 Å². The Bertz CT molecular complexity index is 2480. The van der Waals surface area contributed by atoms with Crippen molar-refractivity contribution >= 4 is 59.2 Å². The van der Waals surface area contributed by atoms with Gasteiger partial charge in [0.2, 0.25) is 10.4 Å². The zero-order chi connectivity index (χ0) is 59.5. The van der Waals surface area contributed by atoms with Crippen molar-refractivity contribution in [2.24, 2.45) is 0 Å². The van der Waals surface area contributed by atoms with Gasteiger partial charge in [-0.25, -0.2) is 47.8 Å². The van der Waals surface area contributed by atoms with Crippen LogP contribution in [-0.4, -0.2) is 277 Å². The summed E-state index contributed by atoms with van der Waals surface area (Å²) in [4.78, 5) is 30.5. The van der Waals surface area contributed by atoms with Gasteiger partial charge in [0.25, 0.3) is 0 Å². The summed E-state index contributed by atoms with van der Waals surface area (Å²) in [6.45, 7) is -0.0547. The van der Waals surface area contributed by atoms with Gasteiger partial charge in [0.05, 0.1) is 74.6 Å². The quantitative estimate of drug-likeness (QED) is 0.0520. The van der Waals surface area contributed by atoms with Gasteiger partial charge in [-0.2, -0.15) is 0 Å². The number of nitrogens with one attached hydrogen (secondary N) is 3. The van der Waals surface area contributed by atoms with E-state index in [9.17, 15) is 102 Å². The van der Waals surface area contributed by atoms with Gasteiger partial charge in [0, 0.05) is 19.3 Å². The average Bonchev–Trinajstić information content (AvgIpc) is 4.05. The van der Waals surface area contributed by atoms with Crippen LogP contribution in [0.1, 0.15) is 19.3 Å². The average molecular weight is 1440 g/mol. The molecule has 6 fully saturated rings. The maximum absolute atomic E-state index is 10.4. The number of aliphatic carboxylic acids is 3. The zero-order valence-electron chi connectivity index (χ0n) is 48.1. The number of hydrogen-bond acceptors (Lipinski definition) is 36. The van der Waals surface area contributed by atoms with Crippen LogP contribution in [0.5, 0.6) is 0 Å². The molecule has 18 atom stereocenters. The molecule has 89 heavy (non-hydrogen) atoms. The number of ether oxygens (including phenoxy) is 9. The van der Waals surface area contributed by atoms with Gasteiger partial charge in [0.1, 0.15) is 91.6 Å². The van der Waals surface area contributed by atoms with E-state index in [1.165, 1.54) is 0 Å². The predicted octanol–water partition coefficient (Wildman–Crippen LogP) is -38.1. The summed E-state index contributed by atoms with van der Waals surface area (Å²) >= 11 is 0.